The number of benzene rings is 2. The number of likely N-dealkylation sites (tertiary alicyclic amines) is 1. The molecule has 0 aliphatic carbocycles. The molecule has 0 amide bonds. The van der Waals surface area contributed by atoms with Crippen LogP contribution in [0.5, 0.6) is 0 Å². The van der Waals surface area contributed by atoms with E-state index in [2.05, 4.69) is 47.2 Å². The van der Waals surface area contributed by atoms with Gasteiger partial charge < -0.3 is 22.0 Å². The van der Waals surface area contributed by atoms with Gasteiger partial charge in [0.1, 0.15) is 6.54 Å². The van der Waals surface area contributed by atoms with Crippen LogP contribution in [0.1, 0.15) is 42.0 Å². The predicted molar refractivity (Wildman–Crippen MR) is 112 cm³/mol. The number of quaternary nitrogens is 1. The molecule has 0 aromatic heterocycles. The summed E-state index contributed by atoms with van der Waals surface area (Å²) in [6.07, 6.45) is 2.52. The van der Waals surface area contributed by atoms with Crippen molar-refractivity contribution in [3.05, 3.63) is 71.3 Å². The number of piperidine rings is 1. The minimum absolute atomic E-state index is 0. The molecule has 3 rings (SSSR count). The zero-order valence-corrected chi connectivity index (χ0v) is 18.8. The molecule has 0 radical (unpaired) electrons. The highest BCUT2D eigenvalue weighted by Gasteiger charge is 2.33. The Balaban J connectivity index is 0.00000300. The van der Waals surface area contributed by atoms with Gasteiger partial charge in [-0.2, -0.15) is 0 Å². The molecule has 29 heavy (non-hydrogen) atoms. The molecule has 2 aromatic carbocycles. The van der Waals surface area contributed by atoms with E-state index in [1.165, 1.54) is 17.4 Å². The van der Waals surface area contributed by atoms with E-state index in [0.717, 1.165) is 31.6 Å². The van der Waals surface area contributed by atoms with Gasteiger partial charge in [0, 0.05) is 25.1 Å². The van der Waals surface area contributed by atoms with Crippen LogP contribution in [0, 0.1) is 0 Å². The number of ether oxygens (including phenoxy) is 1. The topological polar surface area (TPSA) is 59.8 Å². The van der Waals surface area contributed by atoms with E-state index in [4.69, 9.17) is 4.74 Å². The van der Waals surface area contributed by atoms with Crippen LogP contribution in [0.4, 0.5) is 0 Å². The van der Waals surface area contributed by atoms with Gasteiger partial charge in [0.2, 0.25) is 10.0 Å². The second-order valence-electron chi connectivity index (χ2n) is 7.81. The lowest BCUT2D eigenvalue weighted by atomic mass is 9.87. The average molecular weight is 439 g/mol. The van der Waals surface area contributed by atoms with Gasteiger partial charge in [-0.1, -0.05) is 54.6 Å². The summed E-state index contributed by atoms with van der Waals surface area (Å²) in [4.78, 5) is 1.55. The van der Waals surface area contributed by atoms with Crippen molar-refractivity contribution in [2.24, 2.45) is 0 Å². The fraction of sp³-hybridized carbons (Fsp3) is 0.455. The standard InChI is InChI=1S/C22H30N2O3S.ClH/c1-17(23-28(3,25)26)19-11-9-18(10-12-19)15-24-14-13-22(27-2)21(16-24)20-7-5-4-6-8-20;/h4-12,17,21-23H,13-16H2,1-3H3;1H/t17-,21?,22?;/m1./s1. The van der Waals surface area contributed by atoms with Gasteiger partial charge in [0.25, 0.3) is 0 Å². The molecule has 4 atom stereocenters. The molecule has 0 spiro atoms. The minimum Gasteiger partial charge on any atom is -1.00 e. The third-order valence-corrected chi connectivity index (χ3v) is 6.38. The number of sulfonamides is 1. The van der Waals surface area contributed by atoms with Crippen LogP contribution in [-0.2, 0) is 21.3 Å². The number of hydrogen-bond acceptors (Lipinski definition) is 3. The summed E-state index contributed by atoms with van der Waals surface area (Å²) >= 11 is 0. The average Bonchev–Trinajstić information content (AvgIpc) is 2.68. The number of rotatable bonds is 7. The molecule has 1 aliphatic heterocycles. The third-order valence-electron chi connectivity index (χ3n) is 5.59. The Hall–Kier alpha value is -1.44. The lowest BCUT2D eigenvalue weighted by Crippen LogP contribution is -3.12. The normalized spacial score (nSPS) is 23.2. The van der Waals surface area contributed by atoms with Crippen molar-refractivity contribution in [3.63, 3.8) is 0 Å². The Labute approximate surface area is 180 Å². The van der Waals surface area contributed by atoms with Gasteiger partial charge in [0.15, 0.2) is 0 Å². The molecule has 7 heteroatoms. The van der Waals surface area contributed by atoms with Gasteiger partial charge in [-0.05, 0) is 18.1 Å². The Bertz CT molecular complexity index is 859. The van der Waals surface area contributed by atoms with E-state index in [1.54, 1.807) is 4.90 Å². The third kappa shape index (κ3) is 6.79. The Morgan fingerprint density at radius 1 is 1.14 bits per heavy atom. The van der Waals surface area contributed by atoms with Gasteiger partial charge in [-0.15, -0.1) is 0 Å². The maximum absolute atomic E-state index is 11.4. The van der Waals surface area contributed by atoms with E-state index in [9.17, 15) is 8.42 Å². The monoisotopic (exact) mass is 438 g/mol. The lowest BCUT2D eigenvalue weighted by Gasteiger charge is -2.35. The smallest absolute Gasteiger partial charge is 0.209 e. The molecule has 2 N–H and O–H groups in total. The van der Waals surface area contributed by atoms with Crippen LogP contribution in [0.3, 0.4) is 0 Å². The SMILES string of the molecule is COC1CC[NH+](Cc2ccc([C@@H](C)NS(C)(=O)=O)cc2)CC1c1ccccc1.[Cl-]. The lowest BCUT2D eigenvalue weighted by molar-refractivity contribution is -0.921. The van der Waals surface area contributed by atoms with Crippen molar-refractivity contribution in [1.82, 2.24) is 4.72 Å². The summed E-state index contributed by atoms with van der Waals surface area (Å²) in [5.41, 5.74) is 3.60. The first-order chi connectivity index (χ1) is 13.4. The van der Waals surface area contributed by atoms with E-state index < -0.39 is 10.0 Å². The van der Waals surface area contributed by atoms with Gasteiger partial charge in [-0.3, -0.25) is 0 Å². The summed E-state index contributed by atoms with van der Waals surface area (Å²) in [6.45, 7) is 4.97. The molecule has 1 aliphatic rings. The van der Waals surface area contributed by atoms with Gasteiger partial charge >= 0.3 is 0 Å². The van der Waals surface area contributed by atoms with Crippen LogP contribution >= 0.6 is 0 Å². The molecule has 1 fully saturated rings. The molecule has 0 saturated carbocycles. The number of hydrogen-bond donors (Lipinski definition) is 2. The Morgan fingerprint density at radius 2 is 1.79 bits per heavy atom. The Kier molecular flexibility index (Phi) is 8.67. The van der Waals surface area contributed by atoms with Crippen molar-refractivity contribution in [2.45, 2.75) is 38.0 Å². The fourth-order valence-corrected chi connectivity index (χ4v) is 4.95. The van der Waals surface area contributed by atoms with Crippen LogP contribution in [-0.4, -0.2) is 41.0 Å². The van der Waals surface area contributed by atoms with Crippen LogP contribution in [0.2, 0.25) is 0 Å². The summed E-state index contributed by atoms with van der Waals surface area (Å²) < 4.78 is 31.2. The molecule has 5 nitrogen and oxygen atoms in total. The predicted octanol–water partition coefficient (Wildman–Crippen LogP) is -1.11. The fourth-order valence-electron chi connectivity index (χ4n) is 4.17. The second kappa shape index (κ2) is 10.5. The zero-order valence-electron chi connectivity index (χ0n) is 17.3. The van der Waals surface area contributed by atoms with E-state index >= 15 is 0 Å². The van der Waals surface area contributed by atoms with Crippen LogP contribution < -0.4 is 22.0 Å². The molecule has 160 valence electrons. The maximum atomic E-state index is 11.4. The maximum Gasteiger partial charge on any atom is 0.209 e. The van der Waals surface area contributed by atoms with Crippen molar-refractivity contribution >= 4 is 10.0 Å². The number of methoxy groups -OCH3 is 1. The van der Waals surface area contributed by atoms with Gasteiger partial charge in [-0.25, -0.2) is 13.1 Å². The van der Waals surface area contributed by atoms with Crippen molar-refractivity contribution < 1.29 is 30.5 Å². The summed E-state index contributed by atoms with van der Waals surface area (Å²) in [5, 5.41) is 0. The molecular formula is C22H31ClN2O3S. The first kappa shape index (κ1) is 23.8. The van der Waals surface area contributed by atoms with Crippen molar-refractivity contribution in [3.8, 4) is 0 Å². The van der Waals surface area contributed by atoms with Crippen LogP contribution in [0.25, 0.3) is 0 Å². The number of halogens is 1. The molecule has 3 unspecified atom stereocenters. The summed E-state index contributed by atoms with van der Waals surface area (Å²) in [6, 6.07) is 18.7. The van der Waals surface area contributed by atoms with E-state index in [0.29, 0.717) is 5.92 Å². The first-order valence-corrected chi connectivity index (χ1v) is 11.7. The Morgan fingerprint density at radius 3 is 2.38 bits per heavy atom. The second-order valence-corrected chi connectivity index (χ2v) is 9.59. The van der Waals surface area contributed by atoms with E-state index in [-0.39, 0.29) is 24.6 Å². The number of nitrogens with one attached hydrogen (secondary N) is 2. The van der Waals surface area contributed by atoms with Gasteiger partial charge in [0.05, 0.1) is 31.4 Å². The summed E-state index contributed by atoms with van der Waals surface area (Å²) in [7, 11) is -1.40. The summed E-state index contributed by atoms with van der Waals surface area (Å²) in [5.74, 6) is 0.410. The highest BCUT2D eigenvalue weighted by molar-refractivity contribution is 7.88. The van der Waals surface area contributed by atoms with Crippen LogP contribution in [0.15, 0.2) is 54.6 Å². The van der Waals surface area contributed by atoms with Crippen molar-refractivity contribution in [1.29, 1.82) is 0 Å². The minimum atomic E-state index is -3.21. The van der Waals surface area contributed by atoms with E-state index in [1.807, 2.05) is 26.2 Å². The molecule has 1 heterocycles. The first-order valence-electron chi connectivity index (χ1n) is 9.83. The van der Waals surface area contributed by atoms with Crippen molar-refractivity contribution in [2.75, 3.05) is 26.5 Å². The molecule has 2 aromatic rings. The largest absolute Gasteiger partial charge is 1.00 e. The zero-order chi connectivity index (χ0) is 20.1. The quantitative estimate of drug-likeness (QED) is 0.576. The highest BCUT2D eigenvalue weighted by atomic mass is 35.5. The molecule has 1 saturated heterocycles. The highest BCUT2D eigenvalue weighted by Crippen LogP contribution is 2.24. The molecule has 0 bridgehead atoms. The molecular weight excluding hydrogens is 408 g/mol.